The van der Waals surface area contributed by atoms with Crippen LogP contribution >= 0.6 is 0 Å². The van der Waals surface area contributed by atoms with Gasteiger partial charge in [-0.05, 0) is 71.1 Å². The molecule has 1 aromatic heterocycles. The Labute approximate surface area is 221 Å². The summed E-state index contributed by atoms with van der Waals surface area (Å²) in [5.41, 5.74) is 3.46. The Bertz CT molecular complexity index is 1190. The first-order chi connectivity index (χ1) is 17.6. The highest BCUT2D eigenvalue weighted by molar-refractivity contribution is 5.74. The van der Waals surface area contributed by atoms with Crippen LogP contribution in [0.3, 0.4) is 0 Å². The number of carboxylic acid groups (broad SMARTS) is 1. The molecule has 1 heterocycles. The lowest BCUT2D eigenvalue weighted by atomic mass is 9.86. The van der Waals surface area contributed by atoms with Crippen LogP contribution in [0.5, 0.6) is 0 Å². The predicted octanol–water partition coefficient (Wildman–Crippen LogP) is 5.46. The second-order valence-electron chi connectivity index (χ2n) is 10.3. The minimum Gasteiger partial charge on any atom is -0.481 e. The molecule has 0 aliphatic carbocycles. The molecule has 0 bridgehead atoms. The average Bonchev–Trinajstić information content (AvgIpc) is 3.14. The van der Waals surface area contributed by atoms with Gasteiger partial charge in [-0.1, -0.05) is 42.4 Å². The van der Waals surface area contributed by atoms with Gasteiger partial charge in [-0.3, -0.25) is 9.36 Å². The van der Waals surface area contributed by atoms with E-state index in [2.05, 4.69) is 36.3 Å². The van der Waals surface area contributed by atoms with Crippen LogP contribution in [-0.4, -0.2) is 32.0 Å². The van der Waals surface area contributed by atoms with Crippen molar-refractivity contribution in [2.24, 2.45) is 5.41 Å². The van der Waals surface area contributed by atoms with Crippen molar-refractivity contribution in [2.75, 3.05) is 11.9 Å². The Balaban J connectivity index is 1.93. The molecule has 7 nitrogen and oxygen atoms in total. The molecule has 0 atom stereocenters. The van der Waals surface area contributed by atoms with E-state index >= 15 is 0 Å². The van der Waals surface area contributed by atoms with Crippen LogP contribution in [0.1, 0.15) is 71.7 Å². The number of anilines is 1. The number of allylic oxidation sites excluding steroid dienone is 4. The first-order valence-electron chi connectivity index (χ1n) is 13.1. The summed E-state index contributed by atoms with van der Waals surface area (Å²) in [5, 5.41) is 17.4. The average molecular weight is 507 g/mol. The van der Waals surface area contributed by atoms with Crippen molar-refractivity contribution in [3.63, 3.8) is 0 Å². The third-order valence-electron chi connectivity index (χ3n) is 6.28. The first kappa shape index (κ1) is 29.7. The molecule has 0 saturated carbocycles. The molecular formula is C30H42N4O3. The van der Waals surface area contributed by atoms with Gasteiger partial charge in [0, 0.05) is 31.6 Å². The molecule has 2 aromatic rings. The molecular weight excluding hydrogens is 464 g/mol. The molecule has 2 rings (SSSR count). The smallest absolute Gasteiger partial charge is 0.345 e. The number of hydrogen-bond acceptors (Lipinski definition) is 4. The van der Waals surface area contributed by atoms with Gasteiger partial charge < -0.3 is 10.4 Å². The fraction of sp³-hybridized carbons (Fsp3) is 0.500. The third-order valence-corrected chi connectivity index (χ3v) is 6.28. The van der Waals surface area contributed by atoms with E-state index in [1.54, 1.807) is 23.1 Å². The summed E-state index contributed by atoms with van der Waals surface area (Å²) in [5.74, 6) is 2.67. The molecule has 0 amide bonds. The maximum atomic E-state index is 12.9. The zero-order chi connectivity index (χ0) is 27.4. The molecule has 0 radical (unpaired) electrons. The monoisotopic (exact) mass is 506 g/mol. The Hall–Kier alpha value is -3.53. The maximum Gasteiger partial charge on any atom is 0.345 e. The molecule has 0 unspecified atom stereocenters. The second kappa shape index (κ2) is 14.3. The predicted molar refractivity (Wildman–Crippen MR) is 151 cm³/mol. The summed E-state index contributed by atoms with van der Waals surface area (Å²) in [6, 6.07) is 7.90. The van der Waals surface area contributed by atoms with Crippen molar-refractivity contribution < 1.29 is 9.90 Å². The van der Waals surface area contributed by atoms with Gasteiger partial charge in [-0.2, -0.15) is 5.10 Å². The standard InChI is InChI=1S/C30H42N4O3/c1-7-10-23(3)12-13-24(4)18-21-34-29(37)33(20-8-2)27(32-34)11-9-19-31-26-16-14-25(15-17-26)22-30(5,6)28(35)36/h1,12-17,31H,8-11,18-22H2,2-6H3,(H,35,36)/b23-12-,24-13+. The highest BCUT2D eigenvalue weighted by Crippen LogP contribution is 2.23. The van der Waals surface area contributed by atoms with Crippen LogP contribution in [0.4, 0.5) is 5.69 Å². The number of nitrogens with one attached hydrogen (secondary N) is 1. The number of aromatic nitrogens is 3. The normalized spacial score (nSPS) is 12.4. The lowest BCUT2D eigenvalue weighted by molar-refractivity contribution is -0.146. The van der Waals surface area contributed by atoms with Gasteiger partial charge in [-0.15, -0.1) is 12.3 Å². The molecule has 200 valence electrons. The molecule has 0 aliphatic heterocycles. The van der Waals surface area contributed by atoms with E-state index in [0.29, 0.717) is 32.4 Å². The molecule has 0 spiro atoms. The van der Waals surface area contributed by atoms with E-state index in [-0.39, 0.29) is 5.69 Å². The number of rotatable bonds is 15. The van der Waals surface area contributed by atoms with Crippen molar-refractivity contribution in [2.45, 2.75) is 86.2 Å². The second-order valence-corrected chi connectivity index (χ2v) is 10.3. The van der Waals surface area contributed by atoms with Gasteiger partial charge in [0.05, 0.1) is 12.0 Å². The lowest BCUT2D eigenvalue weighted by Crippen LogP contribution is -2.26. The van der Waals surface area contributed by atoms with E-state index in [0.717, 1.165) is 48.5 Å². The number of carbonyl (C=O) groups is 1. The number of carboxylic acids is 1. The van der Waals surface area contributed by atoms with Gasteiger partial charge in [0.15, 0.2) is 0 Å². The molecule has 0 aliphatic rings. The molecule has 2 N–H and O–H groups in total. The summed E-state index contributed by atoms with van der Waals surface area (Å²) in [7, 11) is 0. The first-order valence-corrected chi connectivity index (χ1v) is 13.1. The fourth-order valence-corrected chi connectivity index (χ4v) is 3.94. The number of terminal acetylenes is 1. The maximum absolute atomic E-state index is 12.9. The SMILES string of the molecule is C#CC/C(C)=C\C=C(/C)CCn1nc(CCCNc2ccc(CC(C)(C)C(=O)O)cc2)n(CCC)c1=O. The zero-order valence-electron chi connectivity index (χ0n) is 23.0. The topological polar surface area (TPSA) is 89.2 Å². The Morgan fingerprint density at radius 1 is 1.16 bits per heavy atom. The number of aliphatic carboxylic acids is 1. The third kappa shape index (κ3) is 9.45. The van der Waals surface area contributed by atoms with Crippen molar-refractivity contribution >= 4 is 11.7 Å². The van der Waals surface area contributed by atoms with Gasteiger partial charge >= 0.3 is 11.7 Å². The molecule has 0 fully saturated rings. The number of hydrogen-bond donors (Lipinski definition) is 2. The molecule has 7 heteroatoms. The highest BCUT2D eigenvalue weighted by Gasteiger charge is 2.27. The van der Waals surface area contributed by atoms with E-state index in [1.807, 2.05) is 37.3 Å². The van der Waals surface area contributed by atoms with Gasteiger partial charge in [0.25, 0.3) is 0 Å². The Morgan fingerprint density at radius 3 is 2.46 bits per heavy atom. The number of aryl methyl sites for hydroxylation is 2. The summed E-state index contributed by atoms with van der Waals surface area (Å²) >= 11 is 0. The minimum absolute atomic E-state index is 0.0449. The van der Waals surface area contributed by atoms with E-state index < -0.39 is 11.4 Å². The van der Waals surface area contributed by atoms with Crippen molar-refractivity contribution in [3.8, 4) is 12.3 Å². The van der Waals surface area contributed by atoms with Crippen LogP contribution in [0.25, 0.3) is 0 Å². The van der Waals surface area contributed by atoms with Crippen molar-refractivity contribution in [1.29, 1.82) is 0 Å². The minimum atomic E-state index is -0.798. The number of nitrogens with zero attached hydrogens (tertiary/aromatic N) is 3. The van der Waals surface area contributed by atoms with Crippen LogP contribution in [-0.2, 0) is 30.7 Å². The quantitative estimate of drug-likeness (QED) is 0.190. The van der Waals surface area contributed by atoms with E-state index in [1.165, 1.54) is 5.57 Å². The van der Waals surface area contributed by atoms with Crippen LogP contribution in [0.15, 0.2) is 52.4 Å². The van der Waals surface area contributed by atoms with Gasteiger partial charge in [0.2, 0.25) is 0 Å². The van der Waals surface area contributed by atoms with Crippen molar-refractivity contribution in [3.05, 3.63) is 69.4 Å². The van der Waals surface area contributed by atoms with Gasteiger partial charge in [0.1, 0.15) is 5.82 Å². The van der Waals surface area contributed by atoms with Crippen molar-refractivity contribution in [1.82, 2.24) is 14.3 Å². The van der Waals surface area contributed by atoms with Gasteiger partial charge in [-0.25, -0.2) is 9.48 Å². The van der Waals surface area contributed by atoms with E-state index in [9.17, 15) is 14.7 Å². The highest BCUT2D eigenvalue weighted by atomic mass is 16.4. The zero-order valence-corrected chi connectivity index (χ0v) is 23.0. The Morgan fingerprint density at radius 2 is 1.84 bits per heavy atom. The van der Waals surface area contributed by atoms with Crippen LogP contribution in [0, 0.1) is 17.8 Å². The molecule has 37 heavy (non-hydrogen) atoms. The Kier molecular flexibility index (Phi) is 11.5. The fourth-order valence-electron chi connectivity index (χ4n) is 3.94. The van der Waals surface area contributed by atoms with E-state index in [4.69, 9.17) is 6.42 Å². The number of benzene rings is 1. The summed E-state index contributed by atoms with van der Waals surface area (Å²) < 4.78 is 3.39. The summed E-state index contributed by atoms with van der Waals surface area (Å²) in [6.45, 7) is 11.6. The largest absolute Gasteiger partial charge is 0.481 e. The molecule has 0 saturated heterocycles. The summed E-state index contributed by atoms with van der Waals surface area (Å²) in [4.78, 5) is 24.3. The summed E-state index contributed by atoms with van der Waals surface area (Å²) in [6.07, 6.45) is 13.8. The van der Waals surface area contributed by atoms with Crippen LogP contribution in [0.2, 0.25) is 0 Å². The lowest BCUT2D eigenvalue weighted by Gasteiger charge is -2.19. The van der Waals surface area contributed by atoms with Crippen LogP contribution < -0.4 is 11.0 Å². The molecule has 1 aromatic carbocycles.